The summed E-state index contributed by atoms with van der Waals surface area (Å²) in [5.41, 5.74) is 11.4. The maximum Gasteiger partial charge on any atom is 0.267 e. The van der Waals surface area contributed by atoms with Gasteiger partial charge in [-0.15, -0.1) is 35.4 Å². The molecular weight excluding hydrogens is 1010 g/mol. The molecule has 5 nitrogen and oxygen atoms in total. The fourth-order valence-corrected chi connectivity index (χ4v) is 9.21. The number of aromatic nitrogens is 4. The van der Waals surface area contributed by atoms with Gasteiger partial charge in [-0.05, 0) is 96.3 Å². The predicted molar refractivity (Wildman–Crippen MR) is 276 cm³/mol. The summed E-state index contributed by atoms with van der Waals surface area (Å²) in [5, 5.41) is 2.27. The zero-order valence-electron chi connectivity index (χ0n) is 41.9. The number of fused-ring (bicyclic) bond motifs is 3. The largest absolute Gasteiger partial charge is 0.510 e. The summed E-state index contributed by atoms with van der Waals surface area (Å²) in [5.74, 6) is 2.03. The standard InChI is InChI=1S/C62H64N4O.Pt/c1-58(2,3)44-28-29-63-56(37-44)66-54-27-21-20-26-52(54)57-53(62(12,13)43-24-18-15-19-25-43)39-51(40-55(57)66)67-50-36-47(61(10,11)42-22-16-14-17-23-42)35-49(38-50)65-31-30-64(41-65)48-33-45(59(4,5)6)32-46(34-48)60(7,8)9;/h14-37,39H,1-13H3;/q-2;. The van der Waals surface area contributed by atoms with E-state index in [1.807, 2.05) is 10.8 Å². The van der Waals surface area contributed by atoms with Gasteiger partial charge in [-0.25, -0.2) is 4.98 Å². The summed E-state index contributed by atoms with van der Waals surface area (Å²) in [6, 6.07) is 55.4. The average molecular weight is 1080 g/mol. The summed E-state index contributed by atoms with van der Waals surface area (Å²) >= 11 is 0. The summed E-state index contributed by atoms with van der Waals surface area (Å²) in [6.45, 7) is 29.5. The predicted octanol–water partition coefficient (Wildman–Crippen LogP) is 15.0. The first-order chi connectivity index (χ1) is 31.6. The van der Waals surface area contributed by atoms with Crippen molar-refractivity contribution in [1.29, 1.82) is 0 Å². The van der Waals surface area contributed by atoms with E-state index in [2.05, 4.69) is 263 Å². The number of para-hydroxylation sites is 1. The summed E-state index contributed by atoms with van der Waals surface area (Å²) in [4.78, 5) is 5.02. The molecule has 0 atom stereocenters. The first kappa shape index (κ1) is 48.4. The number of ether oxygens (including phenoxy) is 1. The van der Waals surface area contributed by atoms with Crippen LogP contribution in [-0.4, -0.2) is 14.1 Å². The molecule has 3 heterocycles. The van der Waals surface area contributed by atoms with E-state index in [4.69, 9.17) is 9.72 Å². The van der Waals surface area contributed by atoms with E-state index in [0.29, 0.717) is 11.5 Å². The van der Waals surface area contributed by atoms with Gasteiger partial charge in [0, 0.05) is 56.7 Å². The maximum atomic E-state index is 7.18. The molecule has 9 rings (SSSR count). The van der Waals surface area contributed by atoms with Crippen molar-refractivity contribution in [1.82, 2.24) is 14.1 Å². The number of imidazole rings is 1. The molecule has 0 amide bonds. The number of rotatable bonds is 9. The molecule has 0 spiro atoms. The van der Waals surface area contributed by atoms with Crippen molar-refractivity contribution >= 4 is 21.8 Å². The van der Waals surface area contributed by atoms with Gasteiger partial charge < -0.3 is 13.9 Å². The van der Waals surface area contributed by atoms with Crippen LogP contribution >= 0.6 is 0 Å². The molecule has 0 fully saturated rings. The summed E-state index contributed by atoms with van der Waals surface area (Å²) in [6.07, 6.45) is 9.74. The van der Waals surface area contributed by atoms with Crippen molar-refractivity contribution in [3.05, 3.63) is 209 Å². The normalized spacial score (nSPS) is 12.7. The first-order valence-electron chi connectivity index (χ1n) is 23.6. The number of nitrogens with zero attached hydrogens (tertiary/aromatic N) is 4. The smallest absolute Gasteiger partial charge is 0.267 e. The van der Waals surface area contributed by atoms with Crippen LogP contribution in [0.1, 0.15) is 129 Å². The van der Waals surface area contributed by atoms with E-state index in [-0.39, 0.29) is 42.7 Å². The second-order valence-corrected chi connectivity index (χ2v) is 22.4. The van der Waals surface area contributed by atoms with Gasteiger partial charge >= 0.3 is 0 Å². The topological polar surface area (TPSA) is 35.9 Å². The van der Waals surface area contributed by atoms with Crippen LogP contribution in [0.3, 0.4) is 0 Å². The van der Waals surface area contributed by atoms with Gasteiger partial charge in [-0.1, -0.05) is 186 Å². The van der Waals surface area contributed by atoms with Crippen LogP contribution in [0.5, 0.6) is 11.5 Å². The minimum Gasteiger partial charge on any atom is -0.510 e. The van der Waals surface area contributed by atoms with E-state index in [0.717, 1.165) is 50.1 Å². The number of hydrogen-bond acceptors (Lipinski definition) is 2. The minimum absolute atomic E-state index is 0. The third kappa shape index (κ3) is 9.27. The molecule has 0 bridgehead atoms. The third-order valence-electron chi connectivity index (χ3n) is 13.7. The molecule has 9 aromatic rings. The molecule has 0 aliphatic carbocycles. The van der Waals surface area contributed by atoms with Crippen LogP contribution < -0.4 is 9.30 Å². The van der Waals surface area contributed by atoms with Crippen molar-refractivity contribution in [3.63, 3.8) is 0 Å². The Morgan fingerprint density at radius 3 is 1.72 bits per heavy atom. The molecule has 0 aliphatic heterocycles. The fourth-order valence-electron chi connectivity index (χ4n) is 9.21. The molecule has 6 aromatic carbocycles. The van der Waals surface area contributed by atoms with Crippen LogP contribution in [0.15, 0.2) is 152 Å². The Balaban J connectivity index is 0.00000625. The van der Waals surface area contributed by atoms with Crippen molar-refractivity contribution in [3.8, 4) is 28.7 Å². The van der Waals surface area contributed by atoms with Gasteiger partial charge in [0.05, 0.1) is 5.69 Å². The minimum atomic E-state index is -0.417. The second kappa shape index (κ2) is 17.8. The van der Waals surface area contributed by atoms with E-state index in [9.17, 15) is 0 Å². The molecule has 68 heavy (non-hydrogen) atoms. The van der Waals surface area contributed by atoms with Crippen LogP contribution in [0, 0.1) is 18.5 Å². The molecule has 0 radical (unpaired) electrons. The SMILES string of the molecule is CC(C)(C)c1cc(-[n+]2[c-]n(-c3[c-]c(Oc4[c-]c5c(c(C(C)(C)c6ccccc6)c4)c4ccccc4n5-c4cc(C(C)(C)C)ccn4)cc(C(C)(C)c4ccccc4)c3)cc2)cc(C(C)(C)C)c1.[Pt]. The van der Waals surface area contributed by atoms with E-state index in [1.165, 1.54) is 27.8 Å². The monoisotopic (exact) mass is 1080 g/mol. The van der Waals surface area contributed by atoms with Crippen molar-refractivity contribution in [2.75, 3.05) is 0 Å². The van der Waals surface area contributed by atoms with E-state index >= 15 is 0 Å². The zero-order chi connectivity index (χ0) is 47.7. The van der Waals surface area contributed by atoms with Crippen molar-refractivity contribution in [2.45, 2.75) is 117 Å². The second-order valence-electron chi connectivity index (χ2n) is 22.4. The molecule has 0 unspecified atom stereocenters. The van der Waals surface area contributed by atoms with E-state index in [1.54, 1.807) is 0 Å². The van der Waals surface area contributed by atoms with Crippen LogP contribution in [0.4, 0.5) is 0 Å². The van der Waals surface area contributed by atoms with Crippen LogP contribution in [-0.2, 0) is 48.1 Å². The molecule has 0 saturated carbocycles. The van der Waals surface area contributed by atoms with Gasteiger partial charge in [-0.2, -0.15) is 6.07 Å². The van der Waals surface area contributed by atoms with Crippen LogP contribution in [0.2, 0.25) is 0 Å². The zero-order valence-corrected chi connectivity index (χ0v) is 44.2. The average Bonchev–Trinajstić information content (AvgIpc) is 3.92. The fraction of sp³-hybridized carbons (Fsp3) is 0.290. The number of hydrogen-bond donors (Lipinski definition) is 0. The molecule has 3 aromatic heterocycles. The first-order valence-corrected chi connectivity index (χ1v) is 23.6. The van der Waals surface area contributed by atoms with Gasteiger partial charge in [0.25, 0.3) is 6.33 Å². The Hall–Kier alpha value is -6.03. The summed E-state index contributed by atoms with van der Waals surface area (Å²) < 4.78 is 13.6. The molecule has 0 N–H and O–H groups in total. The van der Waals surface area contributed by atoms with Gasteiger partial charge in [0.2, 0.25) is 0 Å². The Morgan fingerprint density at radius 2 is 1.10 bits per heavy atom. The van der Waals surface area contributed by atoms with Gasteiger partial charge in [0.1, 0.15) is 5.82 Å². The summed E-state index contributed by atoms with van der Waals surface area (Å²) in [7, 11) is 0. The molecular formula is C62H64N4OPt-2. The molecule has 0 saturated heterocycles. The van der Waals surface area contributed by atoms with Gasteiger partial charge in [0.15, 0.2) is 0 Å². The van der Waals surface area contributed by atoms with Crippen molar-refractivity contribution < 1.29 is 30.4 Å². The molecule has 0 aliphatic rings. The Labute approximate surface area is 419 Å². The van der Waals surface area contributed by atoms with Gasteiger partial charge in [-0.3, -0.25) is 4.57 Å². The Bertz CT molecular complexity index is 3230. The van der Waals surface area contributed by atoms with E-state index < -0.39 is 5.41 Å². The molecule has 6 heteroatoms. The Kier molecular flexibility index (Phi) is 12.7. The quantitative estimate of drug-likeness (QED) is 0.107. The number of pyridine rings is 1. The maximum absolute atomic E-state index is 7.18. The number of benzene rings is 6. The third-order valence-corrected chi connectivity index (χ3v) is 13.7. The molecule has 350 valence electrons. The van der Waals surface area contributed by atoms with Crippen molar-refractivity contribution in [2.24, 2.45) is 0 Å². The van der Waals surface area contributed by atoms with Crippen LogP contribution in [0.25, 0.3) is 39.0 Å². The Morgan fingerprint density at radius 1 is 0.529 bits per heavy atom.